The van der Waals surface area contributed by atoms with Crippen molar-refractivity contribution < 1.29 is 26.8 Å². The lowest BCUT2D eigenvalue weighted by Crippen LogP contribution is -2.49. The van der Waals surface area contributed by atoms with Gasteiger partial charge >= 0.3 is 5.92 Å². The van der Waals surface area contributed by atoms with Gasteiger partial charge in [-0.2, -0.15) is 13.1 Å². The van der Waals surface area contributed by atoms with Crippen LogP contribution in [0.1, 0.15) is 28.0 Å². The van der Waals surface area contributed by atoms with Crippen LogP contribution in [0, 0.1) is 0 Å². The highest BCUT2D eigenvalue weighted by Crippen LogP contribution is 2.37. The van der Waals surface area contributed by atoms with E-state index in [1.807, 2.05) is 0 Å². The fourth-order valence-electron chi connectivity index (χ4n) is 5.37. The Morgan fingerprint density at radius 1 is 1.04 bits per heavy atom. The first-order valence-corrected chi connectivity index (χ1v) is 16.8. The molecule has 0 saturated carbocycles. The minimum absolute atomic E-state index is 0.0731. The van der Waals surface area contributed by atoms with Gasteiger partial charge in [-0.15, -0.1) is 0 Å². The van der Waals surface area contributed by atoms with E-state index in [9.17, 15) is 18.0 Å². The van der Waals surface area contributed by atoms with Crippen molar-refractivity contribution in [2.75, 3.05) is 68.7 Å². The highest BCUT2D eigenvalue weighted by Gasteiger charge is 2.38. The second-order valence-corrected chi connectivity index (χ2v) is 13.5. The molecule has 3 aromatic rings. The number of pyridine rings is 2. The predicted octanol–water partition coefficient (Wildman–Crippen LogP) is 1.12. The number of nitrogens with two attached hydrogens (primary N) is 2. The molecule has 0 unspecified atom stereocenters. The van der Waals surface area contributed by atoms with Crippen molar-refractivity contribution in [3.63, 3.8) is 0 Å². The van der Waals surface area contributed by atoms with E-state index < -0.39 is 33.1 Å². The maximum atomic E-state index is 15.6. The van der Waals surface area contributed by atoms with Crippen molar-refractivity contribution in [3.8, 4) is 0 Å². The molecule has 2 amide bonds. The van der Waals surface area contributed by atoms with Crippen LogP contribution >= 0.6 is 11.6 Å². The molecule has 0 aliphatic carbocycles. The molecular formula is C30H36ClF2N9O4S. The monoisotopic (exact) mass is 691 g/mol. The fraction of sp³-hybridized carbons (Fsp3) is 0.400. The first-order valence-electron chi connectivity index (χ1n) is 15.0. The van der Waals surface area contributed by atoms with Crippen LogP contribution in [0.2, 0.25) is 5.15 Å². The van der Waals surface area contributed by atoms with Gasteiger partial charge in [0.2, 0.25) is 15.9 Å². The summed E-state index contributed by atoms with van der Waals surface area (Å²) in [5.74, 6) is -3.96. The molecule has 47 heavy (non-hydrogen) atoms. The number of alkyl halides is 2. The summed E-state index contributed by atoms with van der Waals surface area (Å²) < 4.78 is 59.3. The largest absolute Gasteiger partial charge is 0.354 e. The van der Waals surface area contributed by atoms with Gasteiger partial charge in [-0.05, 0) is 48.5 Å². The summed E-state index contributed by atoms with van der Waals surface area (Å²) in [5, 5.41) is 5.55. The SMILES string of the molecule is NCCNCCNC(=O)c1ccc(C(F)(F)c2cc(Cl)nc(N3CCN(S(=O)(=O)c4ccc(N5C[C@H](N)CC5=O)cc4)CC3)c2)nc1. The summed E-state index contributed by atoms with van der Waals surface area (Å²) in [7, 11) is -3.86. The molecule has 0 spiro atoms. The molecule has 4 heterocycles. The predicted molar refractivity (Wildman–Crippen MR) is 173 cm³/mol. The van der Waals surface area contributed by atoms with Crippen molar-refractivity contribution in [2.45, 2.75) is 23.3 Å². The van der Waals surface area contributed by atoms with Crippen molar-refractivity contribution in [1.82, 2.24) is 24.9 Å². The Hall–Kier alpha value is -3.80. The lowest BCUT2D eigenvalue weighted by molar-refractivity contribution is -0.117. The van der Waals surface area contributed by atoms with Gasteiger partial charge in [0, 0.05) is 88.8 Å². The summed E-state index contributed by atoms with van der Waals surface area (Å²) in [6.07, 6.45) is 1.33. The summed E-state index contributed by atoms with van der Waals surface area (Å²) in [6.45, 7) is 2.81. The van der Waals surface area contributed by atoms with Crippen LogP contribution in [0.5, 0.6) is 0 Å². The Morgan fingerprint density at radius 3 is 2.38 bits per heavy atom. The summed E-state index contributed by atoms with van der Waals surface area (Å²) in [6, 6.07) is 10.4. The standard InChI is InChI=1S/C30H36ClF2N9O4S/c31-26-15-21(30(32,33)25-6-1-20(18-38-25)29(44)37-10-9-36-8-7-34)16-27(39-26)40-11-13-41(14-12-40)47(45,46)24-4-2-23(3-5-24)42-19-22(35)17-28(42)43/h1-6,15-16,18,22,36H,7-14,17,19,34-35H2,(H,37,44)/t22-/m1/s1. The van der Waals surface area contributed by atoms with E-state index in [4.69, 9.17) is 23.1 Å². The van der Waals surface area contributed by atoms with Crippen LogP contribution in [-0.2, 0) is 20.7 Å². The number of piperazine rings is 1. The Balaban J connectivity index is 1.22. The number of hydrogen-bond acceptors (Lipinski definition) is 10. The highest BCUT2D eigenvalue weighted by molar-refractivity contribution is 7.89. The summed E-state index contributed by atoms with van der Waals surface area (Å²) in [5.41, 5.74) is 10.9. The van der Waals surface area contributed by atoms with Crippen molar-refractivity contribution in [1.29, 1.82) is 0 Å². The van der Waals surface area contributed by atoms with E-state index in [1.54, 1.807) is 17.0 Å². The third-order valence-electron chi connectivity index (χ3n) is 7.90. The van der Waals surface area contributed by atoms with Gasteiger partial charge in [0.05, 0.1) is 10.5 Å². The summed E-state index contributed by atoms with van der Waals surface area (Å²) >= 11 is 6.17. The number of rotatable bonds is 12. The minimum Gasteiger partial charge on any atom is -0.354 e. The number of aromatic nitrogens is 2. The lowest BCUT2D eigenvalue weighted by Gasteiger charge is -2.35. The molecular weight excluding hydrogens is 656 g/mol. The van der Waals surface area contributed by atoms with Gasteiger partial charge in [0.1, 0.15) is 16.7 Å². The van der Waals surface area contributed by atoms with Crippen LogP contribution in [0.4, 0.5) is 20.3 Å². The lowest BCUT2D eigenvalue weighted by atomic mass is 10.0. The number of hydrogen-bond donors (Lipinski definition) is 4. The molecule has 1 atom stereocenters. The van der Waals surface area contributed by atoms with E-state index in [0.717, 1.165) is 18.3 Å². The number of halogens is 3. The zero-order chi connectivity index (χ0) is 33.8. The Labute approximate surface area is 276 Å². The maximum absolute atomic E-state index is 15.6. The third kappa shape index (κ3) is 7.85. The topological polar surface area (TPSA) is 180 Å². The van der Waals surface area contributed by atoms with Crippen LogP contribution in [-0.4, -0.2) is 99.4 Å². The number of anilines is 2. The highest BCUT2D eigenvalue weighted by atomic mass is 35.5. The number of nitrogens with one attached hydrogen (secondary N) is 2. The molecule has 17 heteroatoms. The van der Waals surface area contributed by atoms with Crippen molar-refractivity contribution in [2.24, 2.45) is 11.5 Å². The molecule has 5 rings (SSSR count). The number of benzene rings is 1. The number of carbonyl (C=O) groups is 2. The molecule has 0 bridgehead atoms. The van der Waals surface area contributed by atoms with Crippen molar-refractivity contribution >= 4 is 44.9 Å². The Kier molecular flexibility index (Phi) is 10.7. The van der Waals surface area contributed by atoms with E-state index in [-0.39, 0.29) is 66.0 Å². The average molecular weight is 692 g/mol. The molecule has 2 aliphatic heterocycles. The van der Waals surface area contributed by atoms with Gasteiger partial charge in [-0.1, -0.05) is 11.6 Å². The molecule has 13 nitrogen and oxygen atoms in total. The van der Waals surface area contributed by atoms with Crippen LogP contribution in [0.15, 0.2) is 59.6 Å². The van der Waals surface area contributed by atoms with Gasteiger partial charge in [0.15, 0.2) is 0 Å². The van der Waals surface area contributed by atoms with Crippen LogP contribution in [0.3, 0.4) is 0 Å². The molecule has 6 N–H and O–H groups in total. The third-order valence-corrected chi connectivity index (χ3v) is 10.0. The zero-order valence-corrected chi connectivity index (χ0v) is 27.0. The molecule has 1 aromatic carbocycles. The second kappa shape index (κ2) is 14.5. The normalized spacial score (nSPS) is 17.7. The van der Waals surface area contributed by atoms with Crippen LogP contribution in [0.25, 0.3) is 0 Å². The molecule has 252 valence electrons. The average Bonchev–Trinajstić information content (AvgIpc) is 3.41. The number of nitrogens with zero attached hydrogens (tertiary/aromatic N) is 5. The van der Waals surface area contributed by atoms with Gasteiger partial charge in [0.25, 0.3) is 5.91 Å². The van der Waals surface area contributed by atoms with Gasteiger partial charge in [-0.25, -0.2) is 13.4 Å². The van der Waals surface area contributed by atoms with Gasteiger partial charge < -0.3 is 31.9 Å². The second-order valence-electron chi connectivity index (χ2n) is 11.2. The van der Waals surface area contributed by atoms with E-state index in [0.29, 0.717) is 38.4 Å². The first-order chi connectivity index (χ1) is 22.4. The van der Waals surface area contributed by atoms with Crippen LogP contribution < -0.4 is 31.9 Å². The van der Waals surface area contributed by atoms with Gasteiger partial charge in [-0.3, -0.25) is 14.6 Å². The summed E-state index contributed by atoms with van der Waals surface area (Å²) in [4.78, 5) is 35.9. The minimum atomic E-state index is -3.86. The smallest absolute Gasteiger partial charge is 0.315 e. The maximum Gasteiger partial charge on any atom is 0.315 e. The Morgan fingerprint density at radius 2 is 1.77 bits per heavy atom. The number of amides is 2. The fourth-order valence-corrected chi connectivity index (χ4v) is 7.00. The molecule has 0 radical (unpaired) electrons. The van der Waals surface area contributed by atoms with Crippen molar-refractivity contribution in [3.05, 3.63) is 76.7 Å². The zero-order valence-electron chi connectivity index (χ0n) is 25.4. The van der Waals surface area contributed by atoms with E-state index in [1.165, 1.54) is 33.5 Å². The number of sulfonamides is 1. The molecule has 2 aliphatic rings. The Bertz CT molecular complexity index is 1690. The van der Waals surface area contributed by atoms with E-state index in [2.05, 4.69) is 20.6 Å². The van der Waals surface area contributed by atoms with E-state index >= 15 is 8.78 Å². The molecule has 2 fully saturated rings. The molecule has 2 aromatic heterocycles. The quantitative estimate of drug-likeness (QED) is 0.159. The first kappa shape index (κ1) is 34.5. The number of carbonyl (C=O) groups excluding carboxylic acids is 2. The molecule has 2 saturated heterocycles.